The molecule has 0 aliphatic rings. The van der Waals surface area contributed by atoms with Crippen LogP contribution >= 0.6 is 0 Å². The Hall–Kier alpha value is -1.55. The standard InChI is InChI=1S/C19H34N4/c1-6-16(5)22-19(20-7-2)21-14-17-11-10-12-18(13-17)15-23(8-3)9-4/h10-13,16H,6-9,14-15H2,1-5H3,(H2,20,21,22). The van der Waals surface area contributed by atoms with Crippen molar-refractivity contribution < 1.29 is 0 Å². The molecule has 0 radical (unpaired) electrons. The maximum atomic E-state index is 4.71. The van der Waals surface area contributed by atoms with Gasteiger partial charge >= 0.3 is 0 Å². The van der Waals surface area contributed by atoms with Gasteiger partial charge in [-0.3, -0.25) is 4.90 Å². The zero-order chi connectivity index (χ0) is 17.1. The Kier molecular flexibility index (Phi) is 9.37. The summed E-state index contributed by atoms with van der Waals surface area (Å²) in [6.45, 7) is 15.6. The van der Waals surface area contributed by atoms with Crippen molar-refractivity contribution in [1.82, 2.24) is 15.5 Å². The van der Waals surface area contributed by atoms with Crippen LogP contribution in [0.3, 0.4) is 0 Å². The predicted molar refractivity (Wildman–Crippen MR) is 101 cm³/mol. The van der Waals surface area contributed by atoms with E-state index in [1.54, 1.807) is 0 Å². The van der Waals surface area contributed by atoms with Crippen molar-refractivity contribution in [1.29, 1.82) is 0 Å². The van der Waals surface area contributed by atoms with Crippen LogP contribution in [0.5, 0.6) is 0 Å². The van der Waals surface area contributed by atoms with E-state index < -0.39 is 0 Å². The molecule has 4 nitrogen and oxygen atoms in total. The fourth-order valence-corrected chi connectivity index (χ4v) is 2.36. The molecule has 23 heavy (non-hydrogen) atoms. The monoisotopic (exact) mass is 318 g/mol. The van der Waals surface area contributed by atoms with Crippen LogP contribution in [0.15, 0.2) is 29.3 Å². The van der Waals surface area contributed by atoms with Crippen LogP contribution in [-0.4, -0.2) is 36.5 Å². The number of aliphatic imine (C=N–C) groups is 1. The Morgan fingerprint density at radius 2 is 1.83 bits per heavy atom. The van der Waals surface area contributed by atoms with Crippen LogP contribution in [-0.2, 0) is 13.1 Å². The lowest BCUT2D eigenvalue weighted by molar-refractivity contribution is 0.296. The van der Waals surface area contributed by atoms with Crippen molar-refractivity contribution in [2.75, 3.05) is 19.6 Å². The van der Waals surface area contributed by atoms with Gasteiger partial charge in [0.2, 0.25) is 0 Å². The SMILES string of the molecule is CCNC(=NCc1cccc(CN(CC)CC)c1)NC(C)CC. The van der Waals surface area contributed by atoms with Crippen LogP contribution in [0.2, 0.25) is 0 Å². The van der Waals surface area contributed by atoms with Gasteiger partial charge in [0, 0.05) is 19.1 Å². The zero-order valence-corrected chi connectivity index (χ0v) is 15.5. The first-order chi connectivity index (χ1) is 11.1. The zero-order valence-electron chi connectivity index (χ0n) is 15.5. The Balaban J connectivity index is 2.72. The Morgan fingerprint density at radius 1 is 1.13 bits per heavy atom. The van der Waals surface area contributed by atoms with Crippen molar-refractivity contribution >= 4 is 5.96 Å². The second-order valence-electron chi connectivity index (χ2n) is 5.93. The van der Waals surface area contributed by atoms with Crippen LogP contribution in [0.4, 0.5) is 0 Å². The van der Waals surface area contributed by atoms with Crippen LogP contribution in [0.1, 0.15) is 52.2 Å². The van der Waals surface area contributed by atoms with Gasteiger partial charge in [-0.25, -0.2) is 4.99 Å². The number of rotatable bonds is 9. The molecule has 0 heterocycles. The second kappa shape index (κ2) is 11.1. The minimum Gasteiger partial charge on any atom is -0.357 e. The molecular weight excluding hydrogens is 284 g/mol. The minimum absolute atomic E-state index is 0.432. The van der Waals surface area contributed by atoms with E-state index in [1.165, 1.54) is 11.1 Å². The number of nitrogens with one attached hydrogen (secondary N) is 2. The summed E-state index contributed by atoms with van der Waals surface area (Å²) in [5, 5.41) is 6.75. The van der Waals surface area contributed by atoms with E-state index >= 15 is 0 Å². The van der Waals surface area contributed by atoms with E-state index in [1.807, 2.05) is 0 Å². The van der Waals surface area contributed by atoms with Gasteiger partial charge in [-0.05, 0) is 44.5 Å². The third-order valence-electron chi connectivity index (χ3n) is 4.05. The molecule has 0 aromatic heterocycles. The Labute approximate surface area is 142 Å². The molecule has 0 amide bonds. The highest BCUT2D eigenvalue weighted by molar-refractivity contribution is 5.80. The molecule has 2 N–H and O–H groups in total. The summed E-state index contributed by atoms with van der Waals surface area (Å²) in [5.41, 5.74) is 2.62. The van der Waals surface area contributed by atoms with E-state index in [2.05, 4.69) is 74.4 Å². The predicted octanol–water partition coefficient (Wildman–Crippen LogP) is 3.38. The van der Waals surface area contributed by atoms with Gasteiger partial charge in [0.15, 0.2) is 5.96 Å². The molecule has 1 atom stereocenters. The van der Waals surface area contributed by atoms with Crippen molar-refractivity contribution in [2.45, 2.75) is 60.2 Å². The number of nitrogens with zero attached hydrogens (tertiary/aromatic N) is 2. The highest BCUT2D eigenvalue weighted by Gasteiger charge is 2.04. The van der Waals surface area contributed by atoms with Gasteiger partial charge in [0.1, 0.15) is 0 Å². The molecule has 1 aromatic rings. The normalized spacial score (nSPS) is 13.2. The molecule has 1 rings (SSSR count). The molecule has 0 fully saturated rings. The molecule has 0 bridgehead atoms. The van der Waals surface area contributed by atoms with Gasteiger partial charge in [0.25, 0.3) is 0 Å². The first kappa shape index (κ1) is 19.5. The first-order valence-corrected chi connectivity index (χ1v) is 8.97. The molecule has 4 heteroatoms. The summed E-state index contributed by atoms with van der Waals surface area (Å²) < 4.78 is 0. The third kappa shape index (κ3) is 7.51. The summed E-state index contributed by atoms with van der Waals surface area (Å²) in [6, 6.07) is 9.20. The molecule has 0 saturated heterocycles. The molecule has 0 saturated carbocycles. The van der Waals surface area contributed by atoms with Gasteiger partial charge in [0.05, 0.1) is 6.54 Å². The molecular formula is C19H34N4. The topological polar surface area (TPSA) is 39.7 Å². The first-order valence-electron chi connectivity index (χ1n) is 8.97. The summed E-state index contributed by atoms with van der Waals surface area (Å²) in [4.78, 5) is 7.14. The lowest BCUT2D eigenvalue weighted by Gasteiger charge is -2.18. The molecule has 1 aromatic carbocycles. The molecule has 1 unspecified atom stereocenters. The lowest BCUT2D eigenvalue weighted by Crippen LogP contribution is -2.41. The molecule has 130 valence electrons. The summed E-state index contributed by atoms with van der Waals surface area (Å²) in [5.74, 6) is 0.899. The molecule has 0 aliphatic heterocycles. The number of guanidine groups is 1. The average Bonchev–Trinajstić information content (AvgIpc) is 2.58. The van der Waals surface area contributed by atoms with E-state index in [0.717, 1.165) is 38.6 Å². The maximum absolute atomic E-state index is 4.71. The van der Waals surface area contributed by atoms with Crippen molar-refractivity contribution in [3.8, 4) is 0 Å². The van der Waals surface area contributed by atoms with E-state index in [4.69, 9.17) is 4.99 Å². The van der Waals surface area contributed by atoms with Crippen molar-refractivity contribution in [2.24, 2.45) is 4.99 Å². The van der Waals surface area contributed by atoms with Crippen LogP contribution in [0, 0.1) is 0 Å². The number of hydrogen-bond donors (Lipinski definition) is 2. The van der Waals surface area contributed by atoms with Gasteiger partial charge in [-0.2, -0.15) is 0 Å². The third-order valence-corrected chi connectivity index (χ3v) is 4.05. The van der Waals surface area contributed by atoms with E-state index in [9.17, 15) is 0 Å². The summed E-state index contributed by atoms with van der Waals surface area (Å²) in [6.07, 6.45) is 1.09. The summed E-state index contributed by atoms with van der Waals surface area (Å²) in [7, 11) is 0. The molecule has 0 aliphatic carbocycles. The van der Waals surface area contributed by atoms with E-state index in [-0.39, 0.29) is 0 Å². The van der Waals surface area contributed by atoms with E-state index in [0.29, 0.717) is 12.6 Å². The Bertz CT molecular complexity index is 466. The second-order valence-corrected chi connectivity index (χ2v) is 5.93. The highest BCUT2D eigenvalue weighted by Crippen LogP contribution is 2.09. The van der Waals surface area contributed by atoms with Gasteiger partial charge < -0.3 is 10.6 Å². The number of hydrogen-bond acceptors (Lipinski definition) is 2. The number of benzene rings is 1. The largest absolute Gasteiger partial charge is 0.357 e. The maximum Gasteiger partial charge on any atom is 0.191 e. The fraction of sp³-hybridized carbons (Fsp3) is 0.632. The van der Waals surface area contributed by atoms with Gasteiger partial charge in [-0.1, -0.05) is 45.0 Å². The Morgan fingerprint density at radius 3 is 2.43 bits per heavy atom. The summed E-state index contributed by atoms with van der Waals surface area (Å²) >= 11 is 0. The molecule has 0 spiro atoms. The minimum atomic E-state index is 0.432. The quantitative estimate of drug-likeness (QED) is 0.541. The van der Waals surface area contributed by atoms with Crippen LogP contribution in [0.25, 0.3) is 0 Å². The van der Waals surface area contributed by atoms with Crippen molar-refractivity contribution in [3.63, 3.8) is 0 Å². The van der Waals surface area contributed by atoms with Crippen molar-refractivity contribution in [3.05, 3.63) is 35.4 Å². The highest BCUT2D eigenvalue weighted by atomic mass is 15.2. The average molecular weight is 319 g/mol. The smallest absolute Gasteiger partial charge is 0.191 e. The fourth-order valence-electron chi connectivity index (χ4n) is 2.36. The lowest BCUT2D eigenvalue weighted by atomic mass is 10.1. The van der Waals surface area contributed by atoms with Gasteiger partial charge in [-0.15, -0.1) is 0 Å². The van der Waals surface area contributed by atoms with Crippen LogP contribution < -0.4 is 10.6 Å².